The molecule has 3 heterocycles. The molecule has 1 aromatic carbocycles. The van der Waals surface area contributed by atoms with Gasteiger partial charge >= 0.3 is 0 Å². The normalized spacial score (nSPS) is 13.3. The number of aromatic nitrogens is 3. The first-order valence-electron chi connectivity index (χ1n) is 8.74. The number of amides is 1. The van der Waals surface area contributed by atoms with Crippen molar-refractivity contribution in [3.8, 4) is 11.5 Å². The Morgan fingerprint density at radius 2 is 1.92 bits per heavy atom. The van der Waals surface area contributed by atoms with Crippen LogP contribution in [0.25, 0.3) is 11.5 Å². The Bertz CT molecular complexity index is 959. The molecule has 1 aliphatic heterocycles. The molecule has 134 valence electrons. The monoisotopic (exact) mass is 368 g/mol. The van der Waals surface area contributed by atoms with Gasteiger partial charge in [-0.05, 0) is 49.2 Å². The zero-order valence-electron chi connectivity index (χ0n) is 14.9. The van der Waals surface area contributed by atoms with Gasteiger partial charge in [-0.15, -0.1) is 11.6 Å². The summed E-state index contributed by atoms with van der Waals surface area (Å²) in [6, 6.07) is 10.4. The standard InChI is InChI=1S/C20H21ClN4O/c1-14-5-6-16(11-15(14)2)25-20(23-9-3-4-10-23)17-12-24(13-18(17)22-25)19(26)7-8-21/h3-6,9-11H,7-8,12-13H2,1-2H3. The minimum atomic E-state index is 0.0780. The van der Waals surface area contributed by atoms with Crippen LogP contribution in [0, 0.1) is 13.8 Å². The van der Waals surface area contributed by atoms with Crippen LogP contribution in [-0.4, -0.2) is 31.0 Å². The highest BCUT2D eigenvalue weighted by molar-refractivity contribution is 6.18. The molecule has 0 bridgehead atoms. The van der Waals surface area contributed by atoms with Crippen LogP contribution < -0.4 is 0 Å². The van der Waals surface area contributed by atoms with E-state index in [4.69, 9.17) is 16.7 Å². The Kier molecular flexibility index (Phi) is 4.32. The molecular formula is C20H21ClN4O. The number of fused-ring (bicyclic) bond motifs is 1. The summed E-state index contributed by atoms with van der Waals surface area (Å²) in [6.07, 6.45) is 4.39. The number of alkyl halides is 1. The third kappa shape index (κ3) is 2.82. The molecule has 4 rings (SSSR count). The zero-order valence-corrected chi connectivity index (χ0v) is 15.7. The van der Waals surface area contributed by atoms with E-state index in [1.54, 1.807) is 0 Å². The van der Waals surface area contributed by atoms with Crippen LogP contribution in [0.4, 0.5) is 0 Å². The molecule has 0 saturated carbocycles. The highest BCUT2D eigenvalue weighted by atomic mass is 35.5. The van der Waals surface area contributed by atoms with Crippen LogP contribution in [0.2, 0.25) is 0 Å². The van der Waals surface area contributed by atoms with Gasteiger partial charge in [0.1, 0.15) is 5.82 Å². The first-order valence-corrected chi connectivity index (χ1v) is 9.27. The zero-order chi connectivity index (χ0) is 18.3. The van der Waals surface area contributed by atoms with Crippen molar-refractivity contribution in [3.05, 3.63) is 65.1 Å². The van der Waals surface area contributed by atoms with Gasteiger partial charge in [0.15, 0.2) is 0 Å². The van der Waals surface area contributed by atoms with E-state index in [-0.39, 0.29) is 5.91 Å². The predicted octanol–water partition coefficient (Wildman–Crippen LogP) is 3.75. The van der Waals surface area contributed by atoms with E-state index in [1.165, 1.54) is 11.1 Å². The molecule has 0 unspecified atom stereocenters. The van der Waals surface area contributed by atoms with Crippen LogP contribution >= 0.6 is 11.6 Å². The van der Waals surface area contributed by atoms with Crippen molar-refractivity contribution < 1.29 is 4.79 Å². The van der Waals surface area contributed by atoms with Crippen molar-refractivity contribution in [1.82, 2.24) is 19.2 Å². The van der Waals surface area contributed by atoms with Crippen LogP contribution in [0.15, 0.2) is 42.7 Å². The molecule has 0 fully saturated rings. The fraction of sp³-hybridized carbons (Fsp3) is 0.300. The lowest BCUT2D eigenvalue weighted by molar-refractivity contribution is -0.131. The van der Waals surface area contributed by atoms with Gasteiger partial charge in [0.25, 0.3) is 0 Å². The van der Waals surface area contributed by atoms with Gasteiger partial charge < -0.3 is 9.47 Å². The highest BCUT2D eigenvalue weighted by Gasteiger charge is 2.31. The summed E-state index contributed by atoms with van der Waals surface area (Å²) < 4.78 is 4.05. The largest absolute Gasteiger partial charge is 0.332 e. The van der Waals surface area contributed by atoms with Crippen LogP contribution in [0.3, 0.4) is 0 Å². The molecule has 0 saturated heterocycles. The Hall–Kier alpha value is -2.53. The van der Waals surface area contributed by atoms with E-state index < -0.39 is 0 Å². The van der Waals surface area contributed by atoms with Gasteiger partial charge in [0, 0.05) is 30.3 Å². The highest BCUT2D eigenvalue weighted by Crippen LogP contribution is 2.31. The number of hydrogen-bond donors (Lipinski definition) is 0. The van der Waals surface area contributed by atoms with E-state index in [2.05, 4.69) is 36.6 Å². The molecule has 0 radical (unpaired) electrons. The lowest BCUT2D eigenvalue weighted by atomic mass is 10.1. The van der Waals surface area contributed by atoms with E-state index >= 15 is 0 Å². The summed E-state index contributed by atoms with van der Waals surface area (Å²) >= 11 is 5.73. The average Bonchev–Trinajstić information content (AvgIpc) is 3.32. The van der Waals surface area contributed by atoms with Gasteiger partial charge in [0.05, 0.1) is 24.5 Å². The van der Waals surface area contributed by atoms with Gasteiger partial charge in [0.2, 0.25) is 5.91 Å². The third-order valence-electron chi connectivity index (χ3n) is 4.97. The lowest BCUT2D eigenvalue weighted by Crippen LogP contribution is -2.26. The molecule has 1 amide bonds. The van der Waals surface area contributed by atoms with Gasteiger partial charge in [-0.25, -0.2) is 4.68 Å². The lowest BCUT2D eigenvalue weighted by Gasteiger charge is -2.17. The molecule has 0 N–H and O–H groups in total. The minimum Gasteiger partial charge on any atom is -0.332 e. The van der Waals surface area contributed by atoms with Crippen molar-refractivity contribution in [1.29, 1.82) is 0 Å². The summed E-state index contributed by atoms with van der Waals surface area (Å²) in [6.45, 7) is 5.33. The average molecular weight is 369 g/mol. The number of halogens is 1. The van der Waals surface area contributed by atoms with E-state index in [0.29, 0.717) is 25.4 Å². The van der Waals surface area contributed by atoms with Crippen molar-refractivity contribution in [2.75, 3.05) is 5.88 Å². The Labute approximate surface area is 157 Å². The number of carbonyl (C=O) groups is 1. The minimum absolute atomic E-state index is 0.0780. The molecule has 5 nitrogen and oxygen atoms in total. The van der Waals surface area contributed by atoms with Crippen LogP contribution in [-0.2, 0) is 17.9 Å². The molecule has 3 aromatic rings. The maximum absolute atomic E-state index is 12.2. The molecular weight excluding hydrogens is 348 g/mol. The maximum atomic E-state index is 12.2. The van der Waals surface area contributed by atoms with E-state index in [9.17, 15) is 4.79 Å². The summed E-state index contributed by atoms with van der Waals surface area (Å²) in [5.74, 6) is 1.42. The number of benzene rings is 1. The summed E-state index contributed by atoms with van der Waals surface area (Å²) in [5.41, 5.74) is 5.58. The molecule has 0 aliphatic carbocycles. The number of hydrogen-bond acceptors (Lipinski definition) is 2. The number of aryl methyl sites for hydroxylation is 2. The van der Waals surface area contributed by atoms with Crippen LogP contribution in [0.1, 0.15) is 28.8 Å². The molecule has 1 aliphatic rings. The number of rotatable bonds is 4. The van der Waals surface area contributed by atoms with Crippen molar-refractivity contribution in [2.24, 2.45) is 0 Å². The maximum Gasteiger partial charge on any atom is 0.224 e. The Balaban J connectivity index is 1.80. The Morgan fingerprint density at radius 3 is 2.62 bits per heavy atom. The SMILES string of the molecule is Cc1ccc(-n2nc3c(c2-n2cccc2)CN(C(=O)CCCl)C3)cc1C. The number of nitrogens with zero attached hydrogens (tertiary/aromatic N) is 4. The first kappa shape index (κ1) is 16.9. The van der Waals surface area contributed by atoms with Gasteiger partial charge in [-0.2, -0.15) is 5.10 Å². The molecule has 2 aromatic heterocycles. The van der Waals surface area contributed by atoms with Crippen LogP contribution in [0.5, 0.6) is 0 Å². The fourth-order valence-corrected chi connectivity index (χ4v) is 3.56. The molecule has 0 atom stereocenters. The first-order chi connectivity index (χ1) is 12.6. The quantitative estimate of drug-likeness (QED) is 0.658. The van der Waals surface area contributed by atoms with E-state index in [0.717, 1.165) is 22.8 Å². The summed E-state index contributed by atoms with van der Waals surface area (Å²) in [7, 11) is 0. The van der Waals surface area contributed by atoms with Gasteiger partial charge in [-0.1, -0.05) is 6.07 Å². The van der Waals surface area contributed by atoms with Crippen molar-refractivity contribution >= 4 is 17.5 Å². The third-order valence-corrected chi connectivity index (χ3v) is 5.16. The van der Waals surface area contributed by atoms with E-state index in [1.807, 2.05) is 34.1 Å². The topological polar surface area (TPSA) is 43.1 Å². The second kappa shape index (κ2) is 6.65. The van der Waals surface area contributed by atoms with Gasteiger partial charge in [-0.3, -0.25) is 4.79 Å². The predicted molar refractivity (Wildman–Crippen MR) is 102 cm³/mol. The molecule has 6 heteroatoms. The second-order valence-corrected chi connectivity index (χ2v) is 7.09. The Morgan fingerprint density at radius 1 is 1.15 bits per heavy atom. The van der Waals surface area contributed by atoms with Crippen molar-refractivity contribution in [2.45, 2.75) is 33.4 Å². The van der Waals surface area contributed by atoms with Crippen molar-refractivity contribution in [3.63, 3.8) is 0 Å². The summed E-state index contributed by atoms with van der Waals surface area (Å²) in [4.78, 5) is 14.1. The smallest absolute Gasteiger partial charge is 0.224 e. The summed E-state index contributed by atoms with van der Waals surface area (Å²) in [5, 5.41) is 4.85. The number of carbonyl (C=O) groups excluding carboxylic acids is 1. The fourth-order valence-electron chi connectivity index (χ4n) is 3.40. The molecule has 26 heavy (non-hydrogen) atoms. The second-order valence-electron chi connectivity index (χ2n) is 6.71. The molecule has 0 spiro atoms.